The van der Waals surface area contributed by atoms with Crippen molar-refractivity contribution in [3.8, 4) is 16.9 Å². The largest absolute Gasteiger partial charge is 0.533 e. The summed E-state index contributed by atoms with van der Waals surface area (Å²) in [5.74, 6) is -1.27. The van der Waals surface area contributed by atoms with Crippen molar-refractivity contribution < 1.29 is 43.0 Å². The molecule has 1 atom stereocenters. The fourth-order valence-corrected chi connectivity index (χ4v) is 5.15. The Morgan fingerprint density at radius 2 is 1.68 bits per heavy atom. The molecule has 0 unspecified atom stereocenters. The third-order valence-electron chi connectivity index (χ3n) is 7.09. The summed E-state index contributed by atoms with van der Waals surface area (Å²) in [6, 6.07) is 11.1. The third-order valence-corrected chi connectivity index (χ3v) is 7.32. The number of ether oxygens (including phenoxy) is 4. The number of nitrogens with one attached hydrogen (secondary N) is 1. The van der Waals surface area contributed by atoms with E-state index in [1.54, 1.807) is 50.2 Å². The fourth-order valence-electron chi connectivity index (χ4n) is 4.98. The molecule has 2 heterocycles. The molecule has 0 radical (unpaired) electrons. The van der Waals surface area contributed by atoms with Crippen LogP contribution in [0.5, 0.6) is 5.75 Å². The van der Waals surface area contributed by atoms with Crippen LogP contribution in [0.3, 0.4) is 0 Å². The Bertz CT molecular complexity index is 1880. The molecule has 1 amide bonds. The lowest BCUT2D eigenvalue weighted by Gasteiger charge is -2.21. The third kappa shape index (κ3) is 7.81. The van der Waals surface area contributed by atoms with Crippen molar-refractivity contribution in [1.82, 2.24) is 9.30 Å². The number of rotatable bonds is 13. The zero-order valence-corrected chi connectivity index (χ0v) is 27.2. The van der Waals surface area contributed by atoms with Gasteiger partial charge < -0.3 is 29.1 Å². The Morgan fingerprint density at radius 1 is 0.936 bits per heavy atom. The molecule has 13 nitrogen and oxygen atoms in total. The number of esters is 1. The van der Waals surface area contributed by atoms with Crippen molar-refractivity contribution in [3.05, 3.63) is 81.4 Å². The van der Waals surface area contributed by atoms with Gasteiger partial charge in [-0.15, -0.1) is 0 Å². The number of benzene rings is 2. The van der Waals surface area contributed by atoms with Crippen LogP contribution in [-0.4, -0.2) is 67.2 Å². The summed E-state index contributed by atoms with van der Waals surface area (Å²) in [6.45, 7) is 4.95. The van der Waals surface area contributed by atoms with Gasteiger partial charge >= 0.3 is 12.1 Å². The van der Waals surface area contributed by atoms with E-state index in [1.165, 1.54) is 44.0 Å². The first-order valence-electron chi connectivity index (χ1n) is 14.6. The molecule has 0 aliphatic rings. The summed E-state index contributed by atoms with van der Waals surface area (Å²) in [6.07, 6.45) is 0.512. The first-order valence-corrected chi connectivity index (χ1v) is 15.0. The lowest BCUT2D eigenvalue weighted by atomic mass is 9.97. The number of amides is 1. The number of halogens is 1. The maximum atomic E-state index is 13.7. The molecule has 0 aliphatic heterocycles. The highest BCUT2D eigenvalue weighted by molar-refractivity contribution is 6.31. The van der Waals surface area contributed by atoms with Crippen molar-refractivity contribution >= 4 is 52.0 Å². The fraction of sp³-hybridized carbons (Fsp3) is 0.303. The molecule has 0 fully saturated rings. The van der Waals surface area contributed by atoms with E-state index in [4.69, 9.17) is 35.4 Å². The second kappa shape index (κ2) is 15.4. The number of methoxy groups -OCH3 is 2. The van der Waals surface area contributed by atoms with Crippen molar-refractivity contribution in [2.75, 3.05) is 39.4 Å². The molecule has 0 aliphatic carbocycles. The normalized spacial score (nSPS) is 11.5. The minimum Gasteiger partial charge on any atom is -0.495 e. The van der Waals surface area contributed by atoms with Crippen LogP contribution < -0.4 is 20.5 Å². The molecular formula is C33H34ClN3O10. The first kappa shape index (κ1) is 34.7. The predicted octanol–water partition coefficient (Wildman–Crippen LogP) is 5.31. The number of Topliss-reactive ketones (excluding diaryl/α,β-unsaturated/α-hetero) is 1. The van der Waals surface area contributed by atoms with Gasteiger partial charge in [0.05, 0.1) is 32.0 Å². The highest BCUT2D eigenvalue weighted by atomic mass is 35.5. The quantitative estimate of drug-likeness (QED) is 0.147. The van der Waals surface area contributed by atoms with Crippen molar-refractivity contribution in [3.63, 3.8) is 0 Å². The second-order valence-corrected chi connectivity index (χ2v) is 10.6. The van der Waals surface area contributed by atoms with Crippen LogP contribution in [0.1, 0.15) is 54.1 Å². The summed E-state index contributed by atoms with van der Waals surface area (Å²) in [7, 11) is 2.88. The average molecular weight is 668 g/mol. The zero-order valence-electron chi connectivity index (χ0n) is 26.5. The van der Waals surface area contributed by atoms with Crippen molar-refractivity contribution in [2.45, 2.75) is 33.2 Å². The SMILES string of the molecule is CCOC(=O)On1c(C(=O)OCC)cc2cc(NC(=O)[C@@H](CCOC)n3cc(OC)c(-c4cc(Cl)ccc4C(C)=O)cc3=O)ccc21. The number of anilines is 1. The minimum absolute atomic E-state index is 0.0605. The number of carbonyl (C=O) groups is 4. The molecule has 2 aromatic carbocycles. The van der Waals surface area contributed by atoms with Gasteiger partial charge in [-0.2, -0.15) is 4.73 Å². The number of fused-ring (bicyclic) bond motifs is 1. The van der Waals surface area contributed by atoms with Crippen LogP contribution in [0.2, 0.25) is 5.02 Å². The van der Waals surface area contributed by atoms with Crippen LogP contribution in [0.25, 0.3) is 22.0 Å². The highest BCUT2D eigenvalue weighted by Crippen LogP contribution is 2.34. The Morgan fingerprint density at radius 3 is 2.34 bits per heavy atom. The monoisotopic (exact) mass is 667 g/mol. The van der Waals surface area contributed by atoms with E-state index in [1.807, 2.05) is 0 Å². The van der Waals surface area contributed by atoms with Gasteiger partial charge in [0.1, 0.15) is 11.8 Å². The summed E-state index contributed by atoms with van der Waals surface area (Å²) >= 11 is 6.22. The summed E-state index contributed by atoms with van der Waals surface area (Å²) < 4.78 is 23.0. The average Bonchev–Trinajstić information content (AvgIpc) is 3.38. The van der Waals surface area contributed by atoms with Gasteiger partial charge in [0.25, 0.3) is 5.56 Å². The van der Waals surface area contributed by atoms with Crippen LogP contribution in [0.15, 0.2) is 59.5 Å². The molecule has 4 rings (SSSR count). The molecule has 0 saturated heterocycles. The molecule has 2 aromatic heterocycles. The van der Waals surface area contributed by atoms with Crippen LogP contribution in [0.4, 0.5) is 10.5 Å². The predicted molar refractivity (Wildman–Crippen MR) is 173 cm³/mol. The molecule has 0 bridgehead atoms. The molecule has 4 aromatic rings. The van der Waals surface area contributed by atoms with Crippen molar-refractivity contribution in [1.29, 1.82) is 0 Å². The maximum Gasteiger partial charge on any atom is 0.533 e. The van der Waals surface area contributed by atoms with E-state index in [2.05, 4.69) is 5.32 Å². The van der Waals surface area contributed by atoms with Gasteiger partial charge in [0.15, 0.2) is 11.5 Å². The van der Waals surface area contributed by atoms with Gasteiger partial charge in [-0.3, -0.25) is 19.0 Å². The Kier molecular flexibility index (Phi) is 11.4. The number of hydrogen-bond acceptors (Lipinski definition) is 10. The number of hydrogen-bond donors (Lipinski definition) is 1. The maximum absolute atomic E-state index is 13.7. The first-order chi connectivity index (χ1) is 22.5. The Balaban J connectivity index is 1.72. The summed E-state index contributed by atoms with van der Waals surface area (Å²) in [4.78, 5) is 69.6. The van der Waals surface area contributed by atoms with E-state index >= 15 is 0 Å². The Labute approximate surface area is 274 Å². The van der Waals surface area contributed by atoms with Crippen molar-refractivity contribution in [2.24, 2.45) is 0 Å². The number of ketones is 1. The van der Waals surface area contributed by atoms with Crippen LogP contribution in [-0.2, 0) is 19.0 Å². The van der Waals surface area contributed by atoms with Crippen LogP contribution in [0, 0.1) is 0 Å². The highest BCUT2D eigenvalue weighted by Gasteiger charge is 2.26. The Hall–Kier alpha value is -5.14. The molecule has 0 saturated carbocycles. The van der Waals surface area contributed by atoms with E-state index in [0.717, 1.165) is 4.73 Å². The van der Waals surface area contributed by atoms with E-state index in [-0.39, 0.29) is 43.5 Å². The topological polar surface area (TPSA) is 153 Å². The molecule has 248 valence electrons. The van der Waals surface area contributed by atoms with E-state index in [9.17, 15) is 24.0 Å². The van der Waals surface area contributed by atoms with E-state index in [0.29, 0.717) is 38.3 Å². The van der Waals surface area contributed by atoms with Gasteiger partial charge in [-0.25, -0.2) is 9.59 Å². The van der Waals surface area contributed by atoms with Gasteiger partial charge in [0, 0.05) is 53.4 Å². The summed E-state index contributed by atoms with van der Waals surface area (Å²) in [5.41, 5.74) is 1.16. The molecule has 47 heavy (non-hydrogen) atoms. The number of carbonyl (C=O) groups excluding carboxylic acids is 4. The number of aromatic nitrogens is 2. The second-order valence-electron chi connectivity index (χ2n) is 10.1. The summed E-state index contributed by atoms with van der Waals surface area (Å²) in [5, 5.41) is 3.62. The zero-order chi connectivity index (χ0) is 34.2. The van der Waals surface area contributed by atoms with Gasteiger partial charge in [0.2, 0.25) is 5.91 Å². The molecular weight excluding hydrogens is 634 g/mol. The molecule has 0 spiro atoms. The lowest BCUT2D eigenvalue weighted by molar-refractivity contribution is -0.119. The standard InChI is InChI=1S/C33H34ClN3O10/c1-6-45-32(41)28-15-20-14-22(9-11-26(20)37(28)47-33(42)46-7-2)35-31(40)27(12-13-43-4)36-18-29(44-5)25(17-30(36)39)24-16-21(34)8-10-23(24)19(3)38/h8-11,14-18,27H,6-7,12-13H2,1-5H3,(H,35,40)/t27-/m1/s1. The van der Waals surface area contributed by atoms with E-state index < -0.39 is 29.6 Å². The number of nitrogens with zero attached hydrogens (tertiary/aromatic N) is 2. The van der Waals surface area contributed by atoms with Gasteiger partial charge in [-0.05, 0) is 68.8 Å². The smallest absolute Gasteiger partial charge is 0.495 e. The molecule has 1 N–H and O–H groups in total. The molecule has 14 heteroatoms. The lowest BCUT2D eigenvalue weighted by Crippen LogP contribution is -2.34. The number of pyridine rings is 1. The minimum atomic E-state index is -1.04. The van der Waals surface area contributed by atoms with Gasteiger partial charge in [-0.1, -0.05) is 11.6 Å². The van der Waals surface area contributed by atoms with Crippen LogP contribution >= 0.6 is 11.6 Å².